The van der Waals surface area contributed by atoms with E-state index in [2.05, 4.69) is 15.6 Å². The molecule has 0 amide bonds. The molecule has 0 fully saturated rings. The maximum atomic E-state index is 14.0. The van der Waals surface area contributed by atoms with Crippen molar-refractivity contribution in [1.29, 1.82) is 0 Å². The third-order valence-corrected chi connectivity index (χ3v) is 4.17. The smallest absolute Gasteiger partial charge is 0.269 e. The summed E-state index contributed by atoms with van der Waals surface area (Å²) < 4.78 is 32.2. The molecule has 0 aromatic heterocycles. The molecule has 164 valence electrons. The Kier molecular flexibility index (Phi) is 11.2. The van der Waals surface area contributed by atoms with E-state index in [-0.39, 0.29) is 36.2 Å². The molecule has 2 aromatic rings. The topological polar surface area (TPSA) is 88.8 Å². The molecule has 0 spiro atoms. The number of hydrogen-bond acceptors (Lipinski definition) is 4. The van der Waals surface area contributed by atoms with Crippen LogP contribution in [-0.4, -0.2) is 31.1 Å². The molecule has 0 heterocycles. The third kappa shape index (κ3) is 8.19. The largest absolute Gasteiger partial charge is 0.385 e. The standard InChI is InChI=1S/C20H24F2N4O3.HI/c1-14(18-9-6-16(21)12-19(18)22)25-20(23-10-3-11-29-2)24-13-15-4-7-17(8-5-15)26(27)28;/h4-9,12,14H,3,10-11,13H2,1-2H3,(H2,23,24,25);1H. The van der Waals surface area contributed by atoms with Gasteiger partial charge in [0.15, 0.2) is 5.96 Å². The SMILES string of the molecule is COCCCNC(=NCc1ccc([N+](=O)[O-])cc1)NC(C)c1ccc(F)cc1F.I. The molecule has 10 heteroatoms. The van der Waals surface area contributed by atoms with Gasteiger partial charge >= 0.3 is 0 Å². The number of halogens is 3. The Morgan fingerprint density at radius 1 is 1.23 bits per heavy atom. The van der Waals surface area contributed by atoms with Gasteiger partial charge in [-0.3, -0.25) is 10.1 Å². The lowest BCUT2D eigenvalue weighted by molar-refractivity contribution is -0.384. The van der Waals surface area contributed by atoms with Gasteiger partial charge in [-0.15, -0.1) is 24.0 Å². The molecule has 30 heavy (non-hydrogen) atoms. The molecule has 0 radical (unpaired) electrons. The van der Waals surface area contributed by atoms with Crippen molar-refractivity contribution < 1.29 is 18.4 Å². The minimum absolute atomic E-state index is 0. The van der Waals surface area contributed by atoms with Gasteiger partial charge in [-0.25, -0.2) is 13.8 Å². The number of nitrogens with zero attached hydrogens (tertiary/aromatic N) is 2. The minimum atomic E-state index is -0.640. The summed E-state index contributed by atoms with van der Waals surface area (Å²) in [7, 11) is 1.61. The van der Waals surface area contributed by atoms with Gasteiger partial charge in [0.2, 0.25) is 0 Å². The average Bonchev–Trinajstić information content (AvgIpc) is 2.69. The van der Waals surface area contributed by atoms with Gasteiger partial charge in [0.25, 0.3) is 5.69 Å². The summed E-state index contributed by atoms with van der Waals surface area (Å²) >= 11 is 0. The van der Waals surface area contributed by atoms with Gasteiger partial charge in [-0.1, -0.05) is 18.2 Å². The minimum Gasteiger partial charge on any atom is -0.385 e. The predicted octanol–water partition coefficient (Wildman–Crippen LogP) is 4.32. The molecule has 0 bridgehead atoms. The summed E-state index contributed by atoms with van der Waals surface area (Å²) in [5.41, 5.74) is 1.11. The first-order valence-corrected chi connectivity index (χ1v) is 9.12. The van der Waals surface area contributed by atoms with Crippen LogP contribution < -0.4 is 10.6 Å². The fourth-order valence-electron chi connectivity index (χ4n) is 2.60. The van der Waals surface area contributed by atoms with Gasteiger partial charge in [-0.05, 0) is 25.0 Å². The van der Waals surface area contributed by atoms with Crippen LogP contribution in [0.5, 0.6) is 0 Å². The van der Waals surface area contributed by atoms with Gasteiger partial charge in [0.1, 0.15) is 11.6 Å². The quantitative estimate of drug-likeness (QED) is 0.125. The summed E-state index contributed by atoms with van der Waals surface area (Å²) in [5.74, 6) is -0.835. The fraction of sp³-hybridized carbons (Fsp3) is 0.350. The Balaban J connectivity index is 0.00000450. The fourth-order valence-corrected chi connectivity index (χ4v) is 2.60. The second kappa shape index (κ2) is 13.1. The monoisotopic (exact) mass is 534 g/mol. The zero-order valence-electron chi connectivity index (χ0n) is 16.7. The van der Waals surface area contributed by atoms with Crippen molar-refractivity contribution >= 4 is 35.6 Å². The lowest BCUT2D eigenvalue weighted by Crippen LogP contribution is -2.39. The summed E-state index contributed by atoms with van der Waals surface area (Å²) in [6, 6.07) is 9.08. The number of nitro benzene ring substituents is 1. The number of nitro groups is 1. The zero-order valence-corrected chi connectivity index (χ0v) is 19.1. The van der Waals surface area contributed by atoms with E-state index in [1.54, 1.807) is 26.2 Å². The Hall–Kier alpha value is -2.34. The Bertz CT molecular complexity index is 850. The summed E-state index contributed by atoms with van der Waals surface area (Å²) in [5, 5.41) is 17.0. The first-order chi connectivity index (χ1) is 13.9. The van der Waals surface area contributed by atoms with E-state index in [0.29, 0.717) is 24.7 Å². The van der Waals surface area contributed by atoms with Gasteiger partial charge < -0.3 is 15.4 Å². The lowest BCUT2D eigenvalue weighted by Gasteiger charge is -2.19. The molecule has 0 aliphatic carbocycles. The van der Waals surface area contributed by atoms with E-state index in [1.807, 2.05) is 0 Å². The van der Waals surface area contributed by atoms with E-state index >= 15 is 0 Å². The number of rotatable bonds is 9. The van der Waals surface area contributed by atoms with Gasteiger partial charge in [-0.2, -0.15) is 0 Å². The highest BCUT2D eigenvalue weighted by Crippen LogP contribution is 2.18. The van der Waals surface area contributed by atoms with E-state index in [1.165, 1.54) is 24.3 Å². The molecule has 0 aliphatic heterocycles. The highest BCUT2D eigenvalue weighted by Gasteiger charge is 2.13. The van der Waals surface area contributed by atoms with E-state index in [9.17, 15) is 18.9 Å². The number of guanidine groups is 1. The molecule has 2 rings (SSSR count). The third-order valence-electron chi connectivity index (χ3n) is 4.17. The molecule has 1 atom stereocenters. The number of benzene rings is 2. The molecule has 0 saturated heterocycles. The van der Waals surface area contributed by atoms with Crippen molar-refractivity contribution in [2.24, 2.45) is 4.99 Å². The maximum Gasteiger partial charge on any atom is 0.269 e. The highest BCUT2D eigenvalue weighted by atomic mass is 127. The van der Waals surface area contributed by atoms with Crippen molar-refractivity contribution in [2.45, 2.75) is 25.9 Å². The first-order valence-electron chi connectivity index (χ1n) is 9.12. The second-order valence-electron chi connectivity index (χ2n) is 6.39. The van der Waals surface area contributed by atoms with E-state index in [4.69, 9.17) is 4.74 Å². The number of methoxy groups -OCH3 is 1. The van der Waals surface area contributed by atoms with Gasteiger partial charge in [0.05, 0.1) is 17.5 Å². The van der Waals surface area contributed by atoms with Crippen LogP contribution in [0.3, 0.4) is 0 Å². The number of ether oxygens (including phenoxy) is 1. The second-order valence-corrected chi connectivity index (χ2v) is 6.39. The molecule has 0 saturated carbocycles. The lowest BCUT2D eigenvalue weighted by atomic mass is 10.1. The first kappa shape index (κ1) is 25.7. The molecule has 0 aliphatic rings. The predicted molar refractivity (Wildman–Crippen MR) is 122 cm³/mol. The summed E-state index contributed by atoms with van der Waals surface area (Å²) in [4.78, 5) is 14.8. The van der Waals surface area contributed by atoms with Crippen molar-refractivity contribution in [2.75, 3.05) is 20.3 Å². The normalized spacial score (nSPS) is 12.1. The van der Waals surface area contributed by atoms with Crippen LogP contribution in [0.2, 0.25) is 0 Å². The van der Waals surface area contributed by atoms with Gasteiger partial charge in [0, 0.05) is 44.0 Å². The highest BCUT2D eigenvalue weighted by molar-refractivity contribution is 14.0. The Morgan fingerprint density at radius 3 is 2.53 bits per heavy atom. The maximum absolute atomic E-state index is 14.0. The van der Waals surface area contributed by atoms with Crippen LogP contribution >= 0.6 is 24.0 Å². The van der Waals surface area contributed by atoms with Crippen molar-refractivity contribution in [3.8, 4) is 0 Å². The summed E-state index contributed by atoms with van der Waals surface area (Å²) in [6.07, 6.45) is 0.744. The van der Waals surface area contributed by atoms with Crippen molar-refractivity contribution in [3.63, 3.8) is 0 Å². The van der Waals surface area contributed by atoms with Crippen molar-refractivity contribution in [1.82, 2.24) is 10.6 Å². The van der Waals surface area contributed by atoms with E-state index in [0.717, 1.165) is 18.1 Å². The van der Waals surface area contributed by atoms with Crippen LogP contribution in [0.25, 0.3) is 0 Å². The molecule has 7 nitrogen and oxygen atoms in total. The van der Waals surface area contributed by atoms with Crippen LogP contribution in [-0.2, 0) is 11.3 Å². The Morgan fingerprint density at radius 2 is 1.93 bits per heavy atom. The Labute approximate surface area is 191 Å². The van der Waals surface area contributed by atoms with Crippen LogP contribution in [0.4, 0.5) is 14.5 Å². The van der Waals surface area contributed by atoms with Crippen LogP contribution in [0, 0.1) is 21.7 Å². The zero-order chi connectivity index (χ0) is 21.2. The van der Waals surface area contributed by atoms with Crippen LogP contribution in [0.15, 0.2) is 47.5 Å². The number of non-ortho nitro benzene ring substituents is 1. The number of nitrogens with one attached hydrogen (secondary N) is 2. The van der Waals surface area contributed by atoms with Crippen molar-refractivity contribution in [3.05, 3.63) is 75.3 Å². The molecule has 2 N–H and O–H groups in total. The molecular weight excluding hydrogens is 509 g/mol. The van der Waals surface area contributed by atoms with E-state index < -0.39 is 22.6 Å². The average molecular weight is 534 g/mol. The molecule has 1 unspecified atom stereocenters. The number of aliphatic imine (C=N–C) groups is 1. The molecular formula is C20H25F2IN4O3. The van der Waals surface area contributed by atoms with Crippen LogP contribution in [0.1, 0.15) is 30.5 Å². The number of hydrogen-bond donors (Lipinski definition) is 2. The summed E-state index contributed by atoms with van der Waals surface area (Å²) in [6.45, 7) is 3.17. The molecule has 2 aromatic carbocycles.